The van der Waals surface area contributed by atoms with Gasteiger partial charge in [-0.25, -0.2) is 0 Å². The van der Waals surface area contributed by atoms with Gasteiger partial charge in [0.05, 0.1) is 0 Å². The third kappa shape index (κ3) is 3.56. The summed E-state index contributed by atoms with van der Waals surface area (Å²) in [5.74, 6) is 2.69. The number of halogens is 1. The van der Waals surface area contributed by atoms with Crippen molar-refractivity contribution in [2.75, 3.05) is 6.54 Å². The van der Waals surface area contributed by atoms with E-state index in [0.29, 0.717) is 6.04 Å². The summed E-state index contributed by atoms with van der Waals surface area (Å²) in [5.41, 5.74) is 2.51. The molecule has 0 heterocycles. The number of benzene rings is 1. The minimum Gasteiger partial charge on any atom is -0.310 e. The topological polar surface area (TPSA) is 12.0 Å². The maximum atomic E-state index is 5.95. The highest BCUT2D eigenvalue weighted by atomic mass is 35.5. The van der Waals surface area contributed by atoms with Gasteiger partial charge in [0.25, 0.3) is 0 Å². The molecule has 0 amide bonds. The standard InChI is InChI=1S/C14H18ClN/c1-4-6-7-14(16-5-2)13-9-8-12(15)10-11(13)3/h1,8-10,14,16H,5-7H2,2-3H3. The van der Waals surface area contributed by atoms with E-state index in [-0.39, 0.29) is 0 Å². The lowest BCUT2D eigenvalue weighted by atomic mass is 9.97. The number of aryl methyl sites for hydroxylation is 1. The summed E-state index contributed by atoms with van der Waals surface area (Å²) in [6.07, 6.45) is 7.07. The average Bonchev–Trinajstić information content (AvgIpc) is 2.25. The Kier molecular flexibility index (Phi) is 5.38. The highest BCUT2D eigenvalue weighted by molar-refractivity contribution is 6.30. The van der Waals surface area contributed by atoms with Crippen LogP contribution >= 0.6 is 11.6 Å². The molecule has 0 aliphatic rings. The van der Waals surface area contributed by atoms with Gasteiger partial charge in [-0.3, -0.25) is 0 Å². The van der Waals surface area contributed by atoms with Gasteiger partial charge in [-0.2, -0.15) is 0 Å². The molecule has 0 aromatic heterocycles. The Hall–Kier alpha value is -0.970. The fourth-order valence-electron chi connectivity index (χ4n) is 1.87. The van der Waals surface area contributed by atoms with Gasteiger partial charge in [0.2, 0.25) is 0 Å². The Bertz CT molecular complexity index is 379. The maximum absolute atomic E-state index is 5.95. The molecule has 1 unspecified atom stereocenters. The van der Waals surface area contributed by atoms with Crippen molar-refractivity contribution in [2.24, 2.45) is 0 Å². The Balaban J connectivity index is 2.87. The van der Waals surface area contributed by atoms with Crippen LogP contribution in [0.5, 0.6) is 0 Å². The summed E-state index contributed by atoms with van der Waals surface area (Å²) in [7, 11) is 0. The van der Waals surface area contributed by atoms with Crippen LogP contribution in [0.2, 0.25) is 5.02 Å². The second-order valence-electron chi connectivity index (χ2n) is 3.85. The molecule has 1 rings (SSSR count). The van der Waals surface area contributed by atoms with Crippen molar-refractivity contribution in [1.29, 1.82) is 0 Å². The minimum atomic E-state index is 0.332. The quantitative estimate of drug-likeness (QED) is 0.768. The van der Waals surface area contributed by atoms with Crippen LogP contribution in [0.15, 0.2) is 18.2 Å². The SMILES string of the molecule is C#CCCC(NCC)c1ccc(Cl)cc1C. The zero-order chi connectivity index (χ0) is 12.0. The molecule has 0 saturated carbocycles. The Morgan fingerprint density at radius 2 is 2.25 bits per heavy atom. The summed E-state index contributed by atoms with van der Waals surface area (Å²) >= 11 is 5.95. The van der Waals surface area contributed by atoms with E-state index in [1.54, 1.807) is 0 Å². The molecule has 0 radical (unpaired) electrons. The summed E-state index contributed by atoms with van der Waals surface area (Å²) in [4.78, 5) is 0. The van der Waals surface area contributed by atoms with Crippen molar-refractivity contribution >= 4 is 11.6 Å². The summed E-state index contributed by atoms with van der Waals surface area (Å²) in [6.45, 7) is 5.13. The van der Waals surface area contributed by atoms with E-state index in [1.165, 1.54) is 11.1 Å². The number of hydrogen-bond acceptors (Lipinski definition) is 1. The minimum absolute atomic E-state index is 0.332. The molecular formula is C14H18ClN. The molecular weight excluding hydrogens is 218 g/mol. The van der Waals surface area contributed by atoms with Crippen LogP contribution in [0.3, 0.4) is 0 Å². The van der Waals surface area contributed by atoms with Crippen LogP contribution in [0, 0.1) is 19.3 Å². The van der Waals surface area contributed by atoms with Gasteiger partial charge < -0.3 is 5.32 Å². The molecule has 16 heavy (non-hydrogen) atoms. The lowest BCUT2D eigenvalue weighted by Gasteiger charge is -2.19. The van der Waals surface area contributed by atoms with Crippen LogP contribution in [0.25, 0.3) is 0 Å². The van der Waals surface area contributed by atoms with Crippen LogP contribution in [0.4, 0.5) is 0 Å². The molecule has 0 aliphatic carbocycles. The second kappa shape index (κ2) is 6.58. The number of nitrogens with one attached hydrogen (secondary N) is 1. The highest BCUT2D eigenvalue weighted by Crippen LogP contribution is 2.24. The van der Waals surface area contributed by atoms with Gasteiger partial charge >= 0.3 is 0 Å². The molecule has 0 spiro atoms. The van der Waals surface area contributed by atoms with E-state index < -0.39 is 0 Å². The third-order valence-electron chi connectivity index (χ3n) is 2.64. The molecule has 1 aromatic carbocycles. The maximum Gasteiger partial charge on any atom is 0.0408 e. The van der Waals surface area contributed by atoms with Crippen LogP contribution in [0.1, 0.15) is 36.9 Å². The fourth-order valence-corrected chi connectivity index (χ4v) is 2.10. The van der Waals surface area contributed by atoms with Gasteiger partial charge in [0.15, 0.2) is 0 Å². The van der Waals surface area contributed by atoms with Crippen molar-refractivity contribution in [2.45, 2.75) is 32.7 Å². The first kappa shape index (κ1) is 13.1. The molecule has 1 nitrogen and oxygen atoms in total. The van der Waals surface area contributed by atoms with Crippen molar-refractivity contribution in [3.05, 3.63) is 34.3 Å². The van der Waals surface area contributed by atoms with Crippen molar-refractivity contribution in [3.63, 3.8) is 0 Å². The molecule has 1 atom stereocenters. The van der Waals surface area contributed by atoms with E-state index in [2.05, 4.69) is 31.2 Å². The van der Waals surface area contributed by atoms with Crippen LogP contribution in [-0.4, -0.2) is 6.54 Å². The summed E-state index contributed by atoms with van der Waals surface area (Å²) in [5, 5.41) is 4.24. The van der Waals surface area contributed by atoms with Crippen LogP contribution in [-0.2, 0) is 0 Å². The van der Waals surface area contributed by atoms with E-state index >= 15 is 0 Å². The lowest BCUT2D eigenvalue weighted by Crippen LogP contribution is -2.21. The van der Waals surface area contributed by atoms with E-state index in [0.717, 1.165) is 24.4 Å². The van der Waals surface area contributed by atoms with E-state index in [4.69, 9.17) is 18.0 Å². The predicted octanol–water partition coefficient (Wildman–Crippen LogP) is 3.71. The fraction of sp³-hybridized carbons (Fsp3) is 0.429. The van der Waals surface area contributed by atoms with Crippen molar-refractivity contribution in [3.8, 4) is 12.3 Å². The second-order valence-corrected chi connectivity index (χ2v) is 4.29. The first-order valence-corrected chi connectivity index (χ1v) is 5.99. The Morgan fingerprint density at radius 1 is 1.50 bits per heavy atom. The monoisotopic (exact) mass is 235 g/mol. The average molecular weight is 236 g/mol. The van der Waals surface area contributed by atoms with Gasteiger partial charge in [-0.05, 0) is 43.1 Å². The zero-order valence-corrected chi connectivity index (χ0v) is 10.6. The third-order valence-corrected chi connectivity index (χ3v) is 2.87. The van der Waals surface area contributed by atoms with E-state index in [9.17, 15) is 0 Å². The normalized spacial score (nSPS) is 12.1. The Morgan fingerprint density at radius 3 is 2.81 bits per heavy atom. The van der Waals surface area contributed by atoms with Crippen molar-refractivity contribution < 1.29 is 0 Å². The predicted molar refractivity (Wildman–Crippen MR) is 70.7 cm³/mol. The largest absolute Gasteiger partial charge is 0.310 e. The molecule has 86 valence electrons. The molecule has 0 saturated heterocycles. The lowest BCUT2D eigenvalue weighted by molar-refractivity contribution is 0.520. The van der Waals surface area contributed by atoms with Gasteiger partial charge in [-0.1, -0.05) is 24.6 Å². The van der Waals surface area contributed by atoms with Gasteiger partial charge in [0, 0.05) is 17.5 Å². The first-order valence-electron chi connectivity index (χ1n) is 5.62. The highest BCUT2D eigenvalue weighted by Gasteiger charge is 2.11. The summed E-state index contributed by atoms with van der Waals surface area (Å²) < 4.78 is 0. The summed E-state index contributed by atoms with van der Waals surface area (Å²) in [6, 6.07) is 6.35. The smallest absolute Gasteiger partial charge is 0.0408 e. The van der Waals surface area contributed by atoms with Crippen molar-refractivity contribution in [1.82, 2.24) is 5.32 Å². The van der Waals surface area contributed by atoms with Gasteiger partial charge in [-0.15, -0.1) is 12.3 Å². The number of hydrogen-bond donors (Lipinski definition) is 1. The number of terminal acetylenes is 1. The molecule has 0 bridgehead atoms. The zero-order valence-electron chi connectivity index (χ0n) is 9.89. The van der Waals surface area contributed by atoms with E-state index in [1.807, 2.05) is 12.1 Å². The molecule has 0 fully saturated rings. The van der Waals surface area contributed by atoms with Crippen LogP contribution < -0.4 is 5.32 Å². The number of rotatable bonds is 5. The first-order chi connectivity index (χ1) is 7.69. The Labute approximate surface area is 103 Å². The van der Waals surface area contributed by atoms with Gasteiger partial charge in [0.1, 0.15) is 0 Å². The molecule has 2 heteroatoms. The molecule has 1 aromatic rings. The molecule has 1 N–H and O–H groups in total. The molecule has 0 aliphatic heterocycles.